The van der Waals surface area contributed by atoms with Gasteiger partial charge in [0, 0.05) is 6.54 Å². The van der Waals surface area contributed by atoms with Crippen LogP contribution in [0.4, 0.5) is 0 Å². The third kappa shape index (κ3) is 7.89. The molecule has 0 bridgehead atoms. The molecule has 0 heterocycles. The second-order valence-corrected chi connectivity index (χ2v) is 4.56. The first-order chi connectivity index (χ1) is 7.78. The highest BCUT2D eigenvalue weighted by Gasteiger charge is 2.07. The van der Waals surface area contributed by atoms with E-state index >= 15 is 0 Å². The number of hydrogen-bond donors (Lipinski definition) is 1. The van der Waals surface area contributed by atoms with Gasteiger partial charge in [0.2, 0.25) is 0 Å². The number of rotatable bonds is 11. The summed E-state index contributed by atoms with van der Waals surface area (Å²) in [5.41, 5.74) is 5.64. The lowest BCUT2D eigenvalue weighted by atomic mass is 9.94. The molecule has 96 valence electrons. The Bertz CT molecular complexity index is 151. The van der Waals surface area contributed by atoms with Gasteiger partial charge >= 0.3 is 0 Å². The Kier molecular flexibility index (Phi) is 10.9. The van der Waals surface area contributed by atoms with Gasteiger partial charge in [-0.25, -0.2) is 0 Å². The fourth-order valence-electron chi connectivity index (χ4n) is 2.24. The average Bonchev–Trinajstić information content (AvgIpc) is 2.28. The van der Waals surface area contributed by atoms with Gasteiger partial charge in [0.15, 0.2) is 0 Å². The molecule has 0 aromatic carbocycles. The zero-order valence-corrected chi connectivity index (χ0v) is 11.3. The maximum atomic E-state index is 5.64. The predicted molar refractivity (Wildman–Crippen MR) is 73.6 cm³/mol. The van der Waals surface area contributed by atoms with Crippen LogP contribution in [0.5, 0.6) is 0 Å². The lowest BCUT2D eigenvalue weighted by Crippen LogP contribution is -2.25. The van der Waals surface area contributed by atoms with Crippen molar-refractivity contribution in [1.82, 2.24) is 4.90 Å². The van der Waals surface area contributed by atoms with Crippen LogP contribution >= 0.6 is 0 Å². The average molecular weight is 226 g/mol. The topological polar surface area (TPSA) is 29.3 Å². The molecular formula is C14H30N2. The van der Waals surface area contributed by atoms with Crippen LogP contribution in [-0.2, 0) is 0 Å². The Morgan fingerprint density at radius 3 is 2.50 bits per heavy atom. The highest BCUT2D eigenvalue weighted by molar-refractivity contribution is 4.73. The van der Waals surface area contributed by atoms with Gasteiger partial charge in [0.05, 0.1) is 0 Å². The Balaban J connectivity index is 3.68. The SMILES string of the molecule is C=CCN(CC)CCCC(CCC)CCN. The van der Waals surface area contributed by atoms with Crippen LogP contribution in [0.15, 0.2) is 12.7 Å². The lowest BCUT2D eigenvalue weighted by molar-refractivity contribution is 0.292. The second-order valence-electron chi connectivity index (χ2n) is 4.56. The summed E-state index contributed by atoms with van der Waals surface area (Å²) in [6, 6.07) is 0. The van der Waals surface area contributed by atoms with Gasteiger partial charge in [-0.3, -0.25) is 4.90 Å². The molecule has 0 aromatic heterocycles. The highest BCUT2D eigenvalue weighted by Crippen LogP contribution is 2.17. The summed E-state index contributed by atoms with van der Waals surface area (Å²) < 4.78 is 0. The van der Waals surface area contributed by atoms with Crippen LogP contribution in [0.25, 0.3) is 0 Å². The van der Waals surface area contributed by atoms with E-state index in [1.807, 2.05) is 6.08 Å². The molecule has 0 radical (unpaired) electrons. The van der Waals surface area contributed by atoms with Crippen molar-refractivity contribution in [2.75, 3.05) is 26.2 Å². The van der Waals surface area contributed by atoms with Crippen LogP contribution < -0.4 is 5.73 Å². The minimum absolute atomic E-state index is 0.842. The maximum Gasteiger partial charge on any atom is 0.0160 e. The summed E-state index contributed by atoms with van der Waals surface area (Å²) in [5.74, 6) is 0.845. The van der Waals surface area contributed by atoms with Gasteiger partial charge in [-0.1, -0.05) is 32.8 Å². The van der Waals surface area contributed by atoms with Crippen LogP contribution in [0.3, 0.4) is 0 Å². The first-order valence-corrected chi connectivity index (χ1v) is 6.81. The van der Waals surface area contributed by atoms with Crippen LogP contribution in [-0.4, -0.2) is 31.1 Å². The van der Waals surface area contributed by atoms with Crippen molar-refractivity contribution in [3.8, 4) is 0 Å². The first-order valence-electron chi connectivity index (χ1n) is 6.81. The van der Waals surface area contributed by atoms with Crippen molar-refractivity contribution in [3.63, 3.8) is 0 Å². The van der Waals surface area contributed by atoms with E-state index in [9.17, 15) is 0 Å². The van der Waals surface area contributed by atoms with Crippen molar-refractivity contribution in [2.45, 2.75) is 46.0 Å². The largest absolute Gasteiger partial charge is 0.330 e. The molecular weight excluding hydrogens is 196 g/mol. The van der Waals surface area contributed by atoms with Crippen LogP contribution in [0, 0.1) is 5.92 Å². The predicted octanol–water partition coefficient (Wildman–Crippen LogP) is 3.04. The number of likely N-dealkylation sites (N-methyl/N-ethyl adjacent to an activating group) is 1. The molecule has 0 aliphatic heterocycles. The molecule has 16 heavy (non-hydrogen) atoms. The van der Waals surface area contributed by atoms with Gasteiger partial charge in [-0.2, -0.15) is 0 Å². The minimum Gasteiger partial charge on any atom is -0.330 e. The number of hydrogen-bond acceptors (Lipinski definition) is 2. The van der Waals surface area contributed by atoms with Gasteiger partial charge in [0.1, 0.15) is 0 Å². The van der Waals surface area contributed by atoms with Crippen molar-refractivity contribution in [3.05, 3.63) is 12.7 Å². The first kappa shape index (κ1) is 15.7. The number of nitrogens with zero attached hydrogens (tertiary/aromatic N) is 1. The molecule has 0 amide bonds. The molecule has 0 spiro atoms. The summed E-state index contributed by atoms with van der Waals surface area (Å²) in [6.07, 6.45) is 8.44. The molecule has 2 nitrogen and oxygen atoms in total. The monoisotopic (exact) mass is 226 g/mol. The summed E-state index contributed by atoms with van der Waals surface area (Å²) in [7, 11) is 0. The van der Waals surface area contributed by atoms with Crippen molar-refractivity contribution >= 4 is 0 Å². The molecule has 1 unspecified atom stereocenters. The van der Waals surface area contributed by atoms with Crippen LogP contribution in [0.2, 0.25) is 0 Å². The fraction of sp³-hybridized carbons (Fsp3) is 0.857. The normalized spacial score (nSPS) is 13.0. The van der Waals surface area contributed by atoms with Gasteiger partial charge in [0.25, 0.3) is 0 Å². The minimum atomic E-state index is 0.842. The summed E-state index contributed by atoms with van der Waals surface area (Å²) in [5, 5.41) is 0. The molecule has 0 saturated carbocycles. The van der Waals surface area contributed by atoms with Crippen molar-refractivity contribution in [2.24, 2.45) is 11.7 Å². The molecule has 2 heteroatoms. The molecule has 0 aromatic rings. The van der Waals surface area contributed by atoms with E-state index in [0.717, 1.165) is 25.6 Å². The molecule has 0 rings (SSSR count). The van der Waals surface area contributed by atoms with Crippen molar-refractivity contribution in [1.29, 1.82) is 0 Å². The van der Waals surface area contributed by atoms with E-state index in [4.69, 9.17) is 5.73 Å². The smallest absolute Gasteiger partial charge is 0.0160 e. The molecule has 2 N–H and O–H groups in total. The van der Waals surface area contributed by atoms with Gasteiger partial charge < -0.3 is 5.73 Å². The van der Waals surface area contributed by atoms with E-state index < -0.39 is 0 Å². The Morgan fingerprint density at radius 2 is 2.00 bits per heavy atom. The zero-order chi connectivity index (χ0) is 12.2. The summed E-state index contributed by atoms with van der Waals surface area (Å²) in [4.78, 5) is 2.44. The van der Waals surface area contributed by atoms with E-state index in [1.54, 1.807) is 0 Å². The van der Waals surface area contributed by atoms with E-state index in [0.29, 0.717) is 0 Å². The fourth-order valence-corrected chi connectivity index (χ4v) is 2.24. The van der Waals surface area contributed by atoms with Gasteiger partial charge in [-0.15, -0.1) is 6.58 Å². The maximum absolute atomic E-state index is 5.64. The number of nitrogens with two attached hydrogens (primary N) is 1. The Morgan fingerprint density at radius 1 is 1.25 bits per heavy atom. The van der Waals surface area contributed by atoms with Gasteiger partial charge in [-0.05, 0) is 44.8 Å². The highest BCUT2D eigenvalue weighted by atomic mass is 15.1. The molecule has 1 atom stereocenters. The molecule has 0 saturated heterocycles. The Hall–Kier alpha value is -0.340. The molecule has 0 fully saturated rings. The zero-order valence-electron chi connectivity index (χ0n) is 11.3. The third-order valence-electron chi connectivity index (χ3n) is 3.19. The molecule has 0 aliphatic rings. The summed E-state index contributed by atoms with van der Waals surface area (Å²) in [6.45, 7) is 12.5. The molecule has 0 aliphatic carbocycles. The van der Waals surface area contributed by atoms with Crippen molar-refractivity contribution < 1.29 is 0 Å². The lowest BCUT2D eigenvalue weighted by Gasteiger charge is -2.20. The van der Waals surface area contributed by atoms with E-state index in [1.165, 1.54) is 38.6 Å². The van der Waals surface area contributed by atoms with E-state index in [-0.39, 0.29) is 0 Å². The third-order valence-corrected chi connectivity index (χ3v) is 3.19. The summed E-state index contributed by atoms with van der Waals surface area (Å²) >= 11 is 0. The quantitative estimate of drug-likeness (QED) is 0.549. The van der Waals surface area contributed by atoms with Crippen LogP contribution in [0.1, 0.15) is 46.0 Å². The second kappa shape index (κ2) is 11.2. The van der Waals surface area contributed by atoms with E-state index in [2.05, 4.69) is 25.3 Å². The standard InChI is InChI=1S/C14H30N2/c1-4-8-14(10-11-15)9-7-13-16(6-3)12-5-2/h5,14H,2,4,6-13,15H2,1,3H3. The Labute approximate surface area is 102 Å².